The molecule has 0 saturated carbocycles. The van der Waals surface area contributed by atoms with Crippen LogP contribution < -0.4 is 4.72 Å². The molecule has 0 aliphatic rings. The van der Waals surface area contributed by atoms with Crippen LogP contribution in [-0.2, 0) is 10.0 Å². The molecule has 1 aromatic heterocycles. The predicted molar refractivity (Wildman–Crippen MR) is 83.3 cm³/mol. The van der Waals surface area contributed by atoms with Gasteiger partial charge in [0.15, 0.2) is 4.34 Å². The van der Waals surface area contributed by atoms with Gasteiger partial charge in [-0.15, -0.1) is 11.3 Å². The van der Waals surface area contributed by atoms with Crippen molar-refractivity contribution >= 4 is 67.5 Å². The van der Waals surface area contributed by atoms with Crippen LogP contribution in [0.2, 0.25) is 14.4 Å². The summed E-state index contributed by atoms with van der Waals surface area (Å²) in [5, 5.41) is 10.9. The summed E-state index contributed by atoms with van der Waals surface area (Å²) in [6.45, 7) is 0. The number of anilines is 1. The van der Waals surface area contributed by atoms with E-state index in [1.807, 2.05) is 0 Å². The fourth-order valence-electron chi connectivity index (χ4n) is 1.38. The Balaban J connectivity index is 2.44. The summed E-state index contributed by atoms with van der Waals surface area (Å²) in [5.41, 5.74) is -0.486. The second-order valence-corrected chi connectivity index (χ2v) is 8.06. The molecule has 2 rings (SSSR count). The van der Waals surface area contributed by atoms with Crippen molar-refractivity contribution in [3.63, 3.8) is 0 Å². The van der Waals surface area contributed by atoms with Crippen LogP contribution in [0.5, 0.6) is 0 Å². The number of halogens is 3. The van der Waals surface area contributed by atoms with Gasteiger partial charge in [-0.1, -0.05) is 40.9 Å². The van der Waals surface area contributed by atoms with Crippen LogP contribution in [0.1, 0.15) is 0 Å². The highest BCUT2D eigenvalue weighted by Crippen LogP contribution is 2.38. The number of rotatable bonds is 4. The fourth-order valence-corrected chi connectivity index (χ4v) is 4.74. The maximum Gasteiger partial charge on any atom is 0.300 e. The number of nitrogens with zero attached hydrogens (tertiary/aromatic N) is 1. The minimum atomic E-state index is -4.08. The van der Waals surface area contributed by atoms with Gasteiger partial charge in [-0.2, -0.15) is 0 Å². The number of sulfonamides is 1. The van der Waals surface area contributed by atoms with Crippen LogP contribution in [0.15, 0.2) is 28.5 Å². The second-order valence-electron chi connectivity index (χ2n) is 3.68. The summed E-state index contributed by atoms with van der Waals surface area (Å²) in [4.78, 5) is 9.94. The largest absolute Gasteiger partial charge is 0.300 e. The Bertz CT molecular complexity index is 799. The van der Waals surface area contributed by atoms with Gasteiger partial charge in [-0.3, -0.25) is 14.8 Å². The molecule has 6 nitrogen and oxygen atoms in total. The fraction of sp³-hybridized carbons (Fsp3) is 0. The normalized spacial score (nSPS) is 11.4. The summed E-state index contributed by atoms with van der Waals surface area (Å²) >= 11 is 17.9. The molecule has 2 aromatic rings. The van der Waals surface area contributed by atoms with Crippen LogP contribution >= 0.6 is 46.1 Å². The number of nitrogens with one attached hydrogen (secondary N) is 1. The molecule has 0 unspecified atom stereocenters. The van der Waals surface area contributed by atoms with E-state index in [0.717, 1.165) is 6.07 Å². The van der Waals surface area contributed by atoms with Gasteiger partial charge in [0.05, 0.1) is 20.7 Å². The minimum absolute atomic E-state index is 0.00647. The first-order valence-corrected chi connectivity index (χ1v) is 8.56. The minimum Gasteiger partial charge on any atom is -0.276 e. The monoisotopic (exact) mass is 386 g/mol. The molecular weight excluding hydrogens is 383 g/mol. The van der Waals surface area contributed by atoms with Crippen LogP contribution in [-0.4, -0.2) is 13.3 Å². The second kappa shape index (κ2) is 5.98. The Labute approximate surface area is 138 Å². The van der Waals surface area contributed by atoms with E-state index in [1.54, 1.807) is 6.07 Å². The van der Waals surface area contributed by atoms with E-state index < -0.39 is 20.6 Å². The maximum absolute atomic E-state index is 12.2. The number of hydrogen-bond donors (Lipinski definition) is 1. The van der Waals surface area contributed by atoms with Gasteiger partial charge in [-0.05, 0) is 12.1 Å². The van der Waals surface area contributed by atoms with E-state index in [4.69, 9.17) is 34.8 Å². The number of nitro groups is 1. The lowest BCUT2D eigenvalue weighted by atomic mass is 10.3. The van der Waals surface area contributed by atoms with E-state index in [9.17, 15) is 18.5 Å². The van der Waals surface area contributed by atoms with Gasteiger partial charge in [0, 0.05) is 6.07 Å². The first-order valence-electron chi connectivity index (χ1n) is 5.13. The van der Waals surface area contributed by atoms with Gasteiger partial charge >= 0.3 is 0 Å². The molecule has 21 heavy (non-hydrogen) atoms. The third-order valence-electron chi connectivity index (χ3n) is 2.31. The molecule has 0 amide bonds. The summed E-state index contributed by atoms with van der Waals surface area (Å²) in [7, 11) is -4.08. The first-order chi connectivity index (χ1) is 9.72. The van der Waals surface area contributed by atoms with Gasteiger partial charge < -0.3 is 0 Å². The number of thiophene rings is 1. The molecule has 0 saturated heterocycles. The van der Waals surface area contributed by atoms with Gasteiger partial charge in [0.2, 0.25) is 0 Å². The molecular formula is C10H5Cl3N2O4S2. The Morgan fingerprint density at radius 1 is 1.19 bits per heavy atom. The third kappa shape index (κ3) is 3.41. The predicted octanol–water partition coefficient (Wildman–Crippen LogP) is 4.42. The summed E-state index contributed by atoms with van der Waals surface area (Å²) in [6, 6.07) is 5.33. The zero-order valence-corrected chi connectivity index (χ0v) is 13.7. The SMILES string of the molecule is O=[N+]([O-])c1cc(S(=O)(=O)Nc2c(Cl)cccc2Cl)sc1Cl. The van der Waals surface area contributed by atoms with Crippen LogP contribution in [0, 0.1) is 10.1 Å². The Hall–Kier alpha value is -1.06. The Morgan fingerprint density at radius 3 is 2.24 bits per heavy atom. The van der Waals surface area contributed by atoms with Gasteiger partial charge in [0.25, 0.3) is 15.7 Å². The van der Waals surface area contributed by atoms with Crippen molar-refractivity contribution in [2.45, 2.75) is 4.21 Å². The van der Waals surface area contributed by atoms with Crippen molar-refractivity contribution in [1.82, 2.24) is 0 Å². The average molecular weight is 388 g/mol. The van der Waals surface area contributed by atoms with Crippen molar-refractivity contribution in [2.75, 3.05) is 4.72 Å². The van der Waals surface area contributed by atoms with E-state index in [-0.39, 0.29) is 24.3 Å². The third-order valence-corrected chi connectivity index (χ3v) is 6.10. The van der Waals surface area contributed by atoms with E-state index in [0.29, 0.717) is 11.3 Å². The highest BCUT2D eigenvalue weighted by atomic mass is 35.5. The van der Waals surface area contributed by atoms with Crippen LogP contribution in [0.25, 0.3) is 0 Å². The summed E-state index contributed by atoms with van der Waals surface area (Å²) in [6.07, 6.45) is 0. The number of benzene rings is 1. The quantitative estimate of drug-likeness (QED) is 0.621. The van der Waals surface area contributed by atoms with Gasteiger partial charge in [0.1, 0.15) is 4.21 Å². The molecule has 1 aromatic carbocycles. The molecule has 0 spiro atoms. The molecule has 0 aliphatic carbocycles. The molecule has 0 aliphatic heterocycles. The zero-order valence-electron chi connectivity index (χ0n) is 9.84. The highest BCUT2D eigenvalue weighted by molar-refractivity contribution is 7.94. The van der Waals surface area contributed by atoms with Crippen molar-refractivity contribution in [2.24, 2.45) is 0 Å². The molecule has 0 bridgehead atoms. The van der Waals surface area contributed by atoms with Crippen LogP contribution in [0.4, 0.5) is 11.4 Å². The summed E-state index contributed by atoms with van der Waals surface area (Å²) in [5.74, 6) is 0. The lowest BCUT2D eigenvalue weighted by Gasteiger charge is -2.09. The zero-order chi connectivity index (χ0) is 15.8. The molecule has 112 valence electrons. The lowest BCUT2D eigenvalue weighted by Crippen LogP contribution is -2.12. The first kappa shape index (κ1) is 16.3. The smallest absolute Gasteiger partial charge is 0.276 e. The van der Waals surface area contributed by atoms with E-state index in [1.165, 1.54) is 12.1 Å². The van der Waals surface area contributed by atoms with Crippen LogP contribution in [0.3, 0.4) is 0 Å². The molecule has 0 fully saturated rings. The standard InChI is InChI=1S/C10H5Cl3N2O4S2/c11-5-2-1-3-6(12)9(5)14-21(18,19)8-4-7(15(16)17)10(13)20-8/h1-4,14H. The number of hydrogen-bond acceptors (Lipinski definition) is 5. The molecule has 1 N–H and O–H groups in total. The van der Waals surface area contributed by atoms with Crippen molar-refractivity contribution < 1.29 is 13.3 Å². The Morgan fingerprint density at radius 2 is 1.76 bits per heavy atom. The van der Waals surface area contributed by atoms with Gasteiger partial charge in [-0.25, -0.2) is 8.42 Å². The molecule has 1 heterocycles. The number of para-hydroxylation sites is 1. The molecule has 0 radical (unpaired) electrons. The van der Waals surface area contributed by atoms with Crippen molar-refractivity contribution in [1.29, 1.82) is 0 Å². The lowest BCUT2D eigenvalue weighted by molar-refractivity contribution is -0.384. The summed E-state index contributed by atoms with van der Waals surface area (Å²) < 4.78 is 26.0. The average Bonchev–Trinajstić information content (AvgIpc) is 2.77. The molecule has 11 heteroatoms. The van der Waals surface area contributed by atoms with E-state index >= 15 is 0 Å². The highest BCUT2D eigenvalue weighted by Gasteiger charge is 2.26. The molecule has 0 atom stereocenters. The van der Waals surface area contributed by atoms with E-state index in [2.05, 4.69) is 4.72 Å². The topological polar surface area (TPSA) is 89.3 Å². The van der Waals surface area contributed by atoms with Crippen molar-refractivity contribution in [3.8, 4) is 0 Å². The maximum atomic E-state index is 12.2. The van der Waals surface area contributed by atoms with Crippen molar-refractivity contribution in [3.05, 3.63) is 48.8 Å². The Kier molecular flexibility index (Phi) is 4.64.